The van der Waals surface area contributed by atoms with E-state index in [9.17, 15) is 20.0 Å². The molecular weight excluding hydrogens is 300 g/mol. The van der Waals surface area contributed by atoms with Crippen LogP contribution in [0.2, 0.25) is 0 Å². The topological polar surface area (TPSA) is 102 Å². The Hall–Kier alpha value is -3.09. The monoisotopic (exact) mass is 316 g/mol. The number of rotatable bonds is 4. The van der Waals surface area contributed by atoms with E-state index in [0.29, 0.717) is 22.4 Å². The van der Waals surface area contributed by atoms with Crippen molar-refractivity contribution in [3.05, 3.63) is 63.2 Å². The Labute approximate surface area is 132 Å². The summed E-state index contributed by atoms with van der Waals surface area (Å²) in [5, 5.41) is 22.7. The van der Waals surface area contributed by atoms with Crippen molar-refractivity contribution >= 4 is 17.5 Å². The summed E-state index contributed by atoms with van der Waals surface area (Å²) < 4.78 is 5.08. The summed E-state index contributed by atoms with van der Waals surface area (Å²) >= 11 is 0. The smallest absolute Gasteiger partial charge is 0.411 e. The maximum atomic E-state index is 11.8. The third-order valence-corrected chi connectivity index (χ3v) is 3.30. The number of benzene rings is 2. The lowest BCUT2D eigenvalue weighted by molar-refractivity contribution is -0.384. The molecule has 0 heterocycles. The summed E-state index contributed by atoms with van der Waals surface area (Å²) in [5.74, 6) is 0.160. The molecule has 23 heavy (non-hydrogen) atoms. The largest absolute Gasteiger partial charge is 0.508 e. The zero-order valence-corrected chi connectivity index (χ0v) is 12.7. The first-order chi connectivity index (χ1) is 10.9. The van der Waals surface area contributed by atoms with Crippen molar-refractivity contribution in [1.29, 1.82) is 0 Å². The number of phenols is 1. The van der Waals surface area contributed by atoms with E-state index in [-0.39, 0.29) is 18.0 Å². The first-order valence-electron chi connectivity index (χ1n) is 6.84. The normalized spacial score (nSPS) is 10.2. The Morgan fingerprint density at radius 2 is 1.87 bits per heavy atom. The minimum absolute atomic E-state index is 0.0000586. The molecule has 0 aliphatic rings. The minimum Gasteiger partial charge on any atom is -0.508 e. The van der Waals surface area contributed by atoms with Crippen LogP contribution in [0.3, 0.4) is 0 Å². The molecule has 0 fully saturated rings. The van der Waals surface area contributed by atoms with Crippen LogP contribution in [0.1, 0.15) is 16.7 Å². The van der Waals surface area contributed by atoms with Gasteiger partial charge in [0.2, 0.25) is 0 Å². The molecule has 0 saturated carbocycles. The van der Waals surface area contributed by atoms with Gasteiger partial charge >= 0.3 is 6.09 Å². The Kier molecular flexibility index (Phi) is 4.80. The highest BCUT2D eigenvalue weighted by molar-refractivity contribution is 5.86. The number of nitro benzene ring substituents is 1. The summed E-state index contributed by atoms with van der Waals surface area (Å²) in [7, 11) is 0. The number of carbonyl (C=O) groups excluding carboxylic acids is 1. The molecule has 2 rings (SSSR count). The van der Waals surface area contributed by atoms with E-state index in [1.54, 1.807) is 26.0 Å². The lowest BCUT2D eigenvalue weighted by atomic mass is 10.1. The highest BCUT2D eigenvalue weighted by atomic mass is 16.6. The molecule has 0 aliphatic heterocycles. The molecule has 120 valence electrons. The first kappa shape index (κ1) is 16.3. The number of phenolic OH excluding ortho intramolecular Hbond substituents is 1. The van der Waals surface area contributed by atoms with Crippen molar-refractivity contribution in [2.45, 2.75) is 20.5 Å². The van der Waals surface area contributed by atoms with Crippen molar-refractivity contribution in [2.24, 2.45) is 0 Å². The maximum absolute atomic E-state index is 11.8. The number of aryl methyl sites for hydroxylation is 2. The van der Waals surface area contributed by atoms with Crippen LogP contribution in [0.5, 0.6) is 5.75 Å². The van der Waals surface area contributed by atoms with E-state index in [4.69, 9.17) is 4.74 Å². The predicted octanol–water partition coefficient (Wildman–Crippen LogP) is 3.67. The van der Waals surface area contributed by atoms with Gasteiger partial charge < -0.3 is 9.84 Å². The molecule has 1 amide bonds. The van der Waals surface area contributed by atoms with E-state index in [0.717, 1.165) is 0 Å². The minimum atomic E-state index is -0.642. The number of amides is 1. The number of ether oxygens (including phenoxy) is 1. The quantitative estimate of drug-likeness (QED) is 0.509. The lowest BCUT2D eigenvalue weighted by Crippen LogP contribution is -2.14. The highest BCUT2D eigenvalue weighted by Crippen LogP contribution is 2.25. The van der Waals surface area contributed by atoms with Gasteiger partial charge in [-0.1, -0.05) is 0 Å². The SMILES string of the molecule is Cc1cc(NC(=O)OCc2ccc([N+](=O)[O-])cc2)c(C)cc1O. The molecule has 7 heteroatoms. The number of nitrogens with one attached hydrogen (secondary N) is 1. The highest BCUT2D eigenvalue weighted by Gasteiger charge is 2.09. The van der Waals surface area contributed by atoms with Crippen molar-refractivity contribution in [1.82, 2.24) is 0 Å². The average Bonchev–Trinajstić information content (AvgIpc) is 2.51. The molecule has 0 aromatic heterocycles. The molecule has 0 spiro atoms. The fraction of sp³-hybridized carbons (Fsp3) is 0.188. The zero-order chi connectivity index (χ0) is 17.0. The van der Waals surface area contributed by atoms with E-state index >= 15 is 0 Å². The summed E-state index contributed by atoms with van der Waals surface area (Å²) in [6.45, 7) is 3.48. The van der Waals surface area contributed by atoms with Gasteiger partial charge in [-0.25, -0.2) is 4.79 Å². The Morgan fingerprint density at radius 3 is 2.48 bits per heavy atom. The van der Waals surface area contributed by atoms with Crippen LogP contribution >= 0.6 is 0 Å². The Bertz CT molecular complexity index is 741. The third-order valence-electron chi connectivity index (χ3n) is 3.30. The maximum Gasteiger partial charge on any atom is 0.411 e. The molecule has 0 saturated heterocycles. The van der Waals surface area contributed by atoms with Crippen molar-refractivity contribution in [2.75, 3.05) is 5.32 Å². The van der Waals surface area contributed by atoms with Gasteiger partial charge in [0.1, 0.15) is 12.4 Å². The Morgan fingerprint density at radius 1 is 1.22 bits per heavy atom. The van der Waals surface area contributed by atoms with Gasteiger partial charge in [-0.05, 0) is 54.8 Å². The fourth-order valence-electron chi connectivity index (χ4n) is 1.94. The van der Waals surface area contributed by atoms with Gasteiger partial charge in [-0.3, -0.25) is 15.4 Å². The van der Waals surface area contributed by atoms with Crippen LogP contribution in [0, 0.1) is 24.0 Å². The molecule has 2 aromatic rings. The standard InChI is InChI=1S/C16H16N2O5/c1-10-8-15(19)11(2)7-14(10)17-16(20)23-9-12-3-5-13(6-4-12)18(21)22/h3-8,19H,9H2,1-2H3,(H,17,20). The zero-order valence-electron chi connectivity index (χ0n) is 12.7. The molecule has 0 aliphatic carbocycles. The summed E-state index contributed by atoms with van der Waals surface area (Å²) in [6, 6.07) is 8.97. The predicted molar refractivity (Wildman–Crippen MR) is 84.5 cm³/mol. The van der Waals surface area contributed by atoms with Gasteiger partial charge in [0.05, 0.1) is 4.92 Å². The Balaban J connectivity index is 1.95. The van der Waals surface area contributed by atoms with Crippen LogP contribution in [-0.2, 0) is 11.3 Å². The second kappa shape index (κ2) is 6.78. The van der Waals surface area contributed by atoms with Crippen molar-refractivity contribution < 1.29 is 19.6 Å². The van der Waals surface area contributed by atoms with E-state index in [1.165, 1.54) is 24.3 Å². The molecule has 2 N–H and O–H groups in total. The average molecular weight is 316 g/mol. The van der Waals surface area contributed by atoms with Crippen LogP contribution in [0.15, 0.2) is 36.4 Å². The number of hydrogen-bond donors (Lipinski definition) is 2. The number of nitro groups is 1. The van der Waals surface area contributed by atoms with Gasteiger partial charge in [-0.15, -0.1) is 0 Å². The van der Waals surface area contributed by atoms with E-state index in [2.05, 4.69) is 5.32 Å². The number of nitrogens with zero attached hydrogens (tertiary/aromatic N) is 1. The number of non-ortho nitro benzene ring substituents is 1. The fourth-order valence-corrected chi connectivity index (χ4v) is 1.94. The summed E-state index contributed by atoms with van der Waals surface area (Å²) in [5.41, 5.74) is 2.52. The number of carbonyl (C=O) groups is 1. The molecule has 0 radical (unpaired) electrons. The molecular formula is C16H16N2O5. The van der Waals surface area contributed by atoms with Gasteiger partial charge in [0.15, 0.2) is 0 Å². The van der Waals surface area contributed by atoms with E-state index in [1.807, 2.05) is 0 Å². The van der Waals surface area contributed by atoms with Crippen LogP contribution in [-0.4, -0.2) is 16.1 Å². The number of hydrogen-bond acceptors (Lipinski definition) is 5. The second-order valence-electron chi connectivity index (χ2n) is 5.08. The van der Waals surface area contributed by atoms with Gasteiger partial charge in [-0.2, -0.15) is 0 Å². The number of anilines is 1. The van der Waals surface area contributed by atoms with Crippen LogP contribution in [0.25, 0.3) is 0 Å². The van der Waals surface area contributed by atoms with Gasteiger partial charge in [0.25, 0.3) is 5.69 Å². The van der Waals surface area contributed by atoms with Crippen LogP contribution < -0.4 is 5.32 Å². The molecule has 0 bridgehead atoms. The van der Waals surface area contributed by atoms with Gasteiger partial charge in [0, 0.05) is 17.8 Å². The summed E-state index contributed by atoms with van der Waals surface area (Å²) in [6.07, 6.45) is -0.642. The van der Waals surface area contributed by atoms with Crippen molar-refractivity contribution in [3.8, 4) is 5.75 Å². The van der Waals surface area contributed by atoms with Crippen molar-refractivity contribution in [3.63, 3.8) is 0 Å². The third kappa shape index (κ3) is 4.19. The molecule has 7 nitrogen and oxygen atoms in total. The first-order valence-corrected chi connectivity index (χ1v) is 6.84. The van der Waals surface area contributed by atoms with Crippen LogP contribution in [0.4, 0.5) is 16.2 Å². The lowest BCUT2D eigenvalue weighted by Gasteiger charge is -2.11. The van der Waals surface area contributed by atoms with E-state index < -0.39 is 11.0 Å². The molecule has 0 unspecified atom stereocenters. The number of aromatic hydroxyl groups is 1. The molecule has 2 aromatic carbocycles. The molecule has 0 atom stereocenters. The summed E-state index contributed by atoms with van der Waals surface area (Å²) in [4.78, 5) is 21.9. The second-order valence-corrected chi connectivity index (χ2v) is 5.08.